The van der Waals surface area contributed by atoms with Gasteiger partial charge in [0.2, 0.25) is 0 Å². The molecule has 1 N–H and O–H groups in total. The van der Waals surface area contributed by atoms with Crippen molar-refractivity contribution in [3.05, 3.63) is 118 Å². The molecule has 0 aliphatic heterocycles. The summed E-state index contributed by atoms with van der Waals surface area (Å²) in [5.74, 6) is 1.33. The van der Waals surface area contributed by atoms with Crippen molar-refractivity contribution >= 4 is 39.0 Å². The highest BCUT2D eigenvalue weighted by Gasteiger charge is 2.14. The zero-order valence-corrected chi connectivity index (χ0v) is 21.0. The van der Waals surface area contributed by atoms with Crippen molar-refractivity contribution in [1.29, 1.82) is 5.26 Å². The summed E-state index contributed by atoms with van der Waals surface area (Å²) in [6.07, 6.45) is 1.43. The summed E-state index contributed by atoms with van der Waals surface area (Å²) in [5, 5.41) is 13.7. The van der Waals surface area contributed by atoms with Crippen molar-refractivity contribution in [3.63, 3.8) is 0 Å². The number of ether oxygens (including phenoxy) is 1. The van der Waals surface area contributed by atoms with Crippen LogP contribution in [-0.4, -0.2) is 17.1 Å². The van der Waals surface area contributed by atoms with E-state index >= 15 is 0 Å². The Morgan fingerprint density at radius 1 is 1.05 bits per heavy atom. The fraction of sp³-hybridized carbons (Fsp3) is 0.0345. The number of amides is 1. The smallest absolute Gasteiger partial charge is 0.272 e. The molecule has 0 spiro atoms. The Kier molecular flexibility index (Phi) is 7.06. The number of furan rings is 1. The number of carbonyl (C=O) groups is 1. The van der Waals surface area contributed by atoms with E-state index in [4.69, 9.17) is 19.4 Å². The lowest BCUT2D eigenvalue weighted by Gasteiger charge is -2.09. The number of rotatable bonds is 7. The minimum absolute atomic E-state index is 0.216. The van der Waals surface area contributed by atoms with E-state index in [0.717, 1.165) is 15.4 Å². The predicted molar refractivity (Wildman–Crippen MR) is 144 cm³/mol. The fourth-order valence-corrected chi connectivity index (χ4v) is 4.09. The van der Waals surface area contributed by atoms with Crippen molar-refractivity contribution in [2.45, 2.75) is 6.61 Å². The Hall–Kier alpha value is -4.74. The van der Waals surface area contributed by atoms with Gasteiger partial charge in [0, 0.05) is 15.4 Å². The van der Waals surface area contributed by atoms with Crippen LogP contribution in [-0.2, 0) is 6.61 Å². The van der Waals surface area contributed by atoms with Crippen LogP contribution in [0.2, 0.25) is 0 Å². The molecular formula is C29H19BrN4O3. The number of halogens is 1. The monoisotopic (exact) mass is 550 g/mol. The first-order valence-corrected chi connectivity index (χ1v) is 12.1. The lowest BCUT2D eigenvalue weighted by atomic mass is 10.0. The van der Waals surface area contributed by atoms with E-state index in [1.807, 2.05) is 48.5 Å². The molecular weight excluding hydrogens is 532 g/mol. The molecule has 2 heterocycles. The van der Waals surface area contributed by atoms with E-state index in [-0.39, 0.29) is 12.5 Å². The van der Waals surface area contributed by atoms with Crippen LogP contribution in [0.5, 0.6) is 5.75 Å². The third-order valence-corrected chi connectivity index (χ3v) is 5.98. The number of carbonyl (C=O) groups excluding carboxylic acids is 1. The van der Waals surface area contributed by atoms with Gasteiger partial charge in [-0.2, -0.15) is 10.4 Å². The van der Waals surface area contributed by atoms with Gasteiger partial charge < -0.3 is 9.15 Å². The molecule has 1 amide bonds. The van der Waals surface area contributed by atoms with E-state index in [1.165, 1.54) is 6.21 Å². The topological polar surface area (TPSA) is 101 Å². The highest BCUT2D eigenvalue weighted by atomic mass is 79.9. The number of hydrogen-bond donors (Lipinski definition) is 1. The van der Waals surface area contributed by atoms with Crippen LogP contribution in [0, 0.1) is 11.3 Å². The van der Waals surface area contributed by atoms with E-state index in [1.54, 1.807) is 42.5 Å². The third-order valence-electron chi connectivity index (χ3n) is 5.49. The molecule has 2 aromatic heterocycles. The Labute approximate surface area is 221 Å². The van der Waals surface area contributed by atoms with Gasteiger partial charge in [-0.25, -0.2) is 10.4 Å². The predicted octanol–water partition coefficient (Wildman–Crippen LogP) is 6.47. The molecule has 0 atom stereocenters. The van der Waals surface area contributed by atoms with Gasteiger partial charge in [0.1, 0.15) is 23.9 Å². The van der Waals surface area contributed by atoms with Gasteiger partial charge in [0.25, 0.3) is 5.91 Å². The van der Waals surface area contributed by atoms with Crippen molar-refractivity contribution in [2.75, 3.05) is 0 Å². The summed E-state index contributed by atoms with van der Waals surface area (Å²) >= 11 is 3.49. The molecule has 0 aliphatic rings. The molecule has 0 bridgehead atoms. The third kappa shape index (κ3) is 5.74. The van der Waals surface area contributed by atoms with Crippen LogP contribution >= 0.6 is 15.9 Å². The van der Waals surface area contributed by atoms with Crippen molar-refractivity contribution in [2.24, 2.45) is 5.10 Å². The van der Waals surface area contributed by atoms with Gasteiger partial charge in [0.15, 0.2) is 0 Å². The average molecular weight is 551 g/mol. The van der Waals surface area contributed by atoms with Crippen LogP contribution in [0.3, 0.4) is 0 Å². The molecule has 5 rings (SSSR count). The number of hydrogen-bond acceptors (Lipinski definition) is 6. The highest BCUT2D eigenvalue weighted by Crippen LogP contribution is 2.26. The van der Waals surface area contributed by atoms with Gasteiger partial charge in [-0.05, 0) is 60.7 Å². The van der Waals surface area contributed by atoms with Gasteiger partial charge >= 0.3 is 0 Å². The number of aromatic nitrogens is 1. The lowest BCUT2D eigenvalue weighted by Crippen LogP contribution is -2.18. The first-order chi connectivity index (χ1) is 18.1. The van der Waals surface area contributed by atoms with Crippen molar-refractivity contribution in [1.82, 2.24) is 10.4 Å². The van der Waals surface area contributed by atoms with Gasteiger partial charge in [-0.15, -0.1) is 0 Å². The zero-order valence-electron chi connectivity index (χ0n) is 19.4. The van der Waals surface area contributed by atoms with E-state index in [2.05, 4.69) is 32.5 Å². The van der Waals surface area contributed by atoms with Crippen LogP contribution in [0.1, 0.15) is 27.4 Å². The maximum atomic E-state index is 13.1. The SMILES string of the molecule is N#Cc1ccc(OCc2ccc(/C=N\NC(=O)c3cc(-c4cccc(Br)c4)nc4ccccc34)o2)cc1. The molecule has 5 aromatic rings. The number of hydrazone groups is 1. The number of fused-ring (bicyclic) bond motifs is 1. The minimum Gasteiger partial charge on any atom is -0.486 e. The second-order valence-electron chi connectivity index (χ2n) is 8.01. The minimum atomic E-state index is -0.359. The Morgan fingerprint density at radius 2 is 1.89 bits per heavy atom. The highest BCUT2D eigenvalue weighted by molar-refractivity contribution is 9.10. The molecule has 7 nitrogen and oxygen atoms in total. The first-order valence-electron chi connectivity index (χ1n) is 11.3. The average Bonchev–Trinajstić information content (AvgIpc) is 3.39. The molecule has 0 saturated heterocycles. The van der Waals surface area contributed by atoms with Crippen LogP contribution in [0.15, 0.2) is 105 Å². The largest absolute Gasteiger partial charge is 0.486 e. The normalized spacial score (nSPS) is 10.9. The fourth-order valence-electron chi connectivity index (χ4n) is 3.70. The van der Waals surface area contributed by atoms with E-state index in [9.17, 15) is 4.79 Å². The number of benzene rings is 3. The summed E-state index contributed by atoms with van der Waals surface area (Å²) in [4.78, 5) is 17.8. The number of para-hydroxylation sites is 1. The molecule has 0 saturated carbocycles. The summed E-state index contributed by atoms with van der Waals surface area (Å²) in [6, 6.07) is 29.4. The van der Waals surface area contributed by atoms with Crippen LogP contribution in [0.4, 0.5) is 0 Å². The molecule has 0 fully saturated rings. The Morgan fingerprint density at radius 3 is 2.70 bits per heavy atom. The van der Waals surface area contributed by atoms with Crippen molar-refractivity contribution < 1.29 is 13.9 Å². The maximum absolute atomic E-state index is 13.1. The molecule has 3 aromatic carbocycles. The van der Waals surface area contributed by atoms with Crippen LogP contribution < -0.4 is 10.2 Å². The first kappa shape index (κ1) is 24.0. The van der Waals surface area contributed by atoms with Gasteiger partial charge in [-0.3, -0.25) is 4.79 Å². The lowest BCUT2D eigenvalue weighted by molar-refractivity contribution is 0.0956. The molecule has 0 unspecified atom stereocenters. The molecule has 0 radical (unpaired) electrons. The van der Waals surface area contributed by atoms with E-state index < -0.39 is 0 Å². The molecule has 180 valence electrons. The number of nitrogens with one attached hydrogen (secondary N) is 1. The molecule has 37 heavy (non-hydrogen) atoms. The van der Waals surface area contributed by atoms with Gasteiger partial charge in [-0.1, -0.05) is 46.3 Å². The van der Waals surface area contributed by atoms with E-state index in [0.29, 0.717) is 39.6 Å². The number of nitriles is 1. The zero-order chi connectivity index (χ0) is 25.6. The Balaban J connectivity index is 1.28. The van der Waals surface area contributed by atoms with Crippen LogP contribution in [0.25, 0.3) is 22.2 Å². The second kappa shape index (κ2) is 10.9. The summed E-state index contributed by atoms with van der Waals surface area (Å²) in [7, 11) is 0. The molecule has 0 aliphatic carbocycles. The summed E-state index contributed by atoms with van der Waals surface area (Å²) < 4.78 is 12.3. The standard InChI is InChI=1S/C29H19BrN4O3/c30-21-5-3-4-20(14-21)28-15-26(25-6-1-2-7-27(25)33-28)29(35)34-32-17-23-12-13-24(37-23)18-36-22-10-8-19(16-31)9-11-22/h1-15,17H,18H2,(H,34,35)/b32-17-. The second-order valence-corrected chi connectivity index (χ2v) is 8.93. The Bertz CT molecular complexity index is 1650. The molecule has 8 heteroatoms. The quantitative estimate of drug-likeness (QED) is 0.185. The summed E-state index contributed by atoms with van der Waals surface area (Å²) in [6.45, 7) is 0.216. The number of nitrogens with zero attached hydrogens (tertiary/aromatic N) is 3. The summed E-state index contributed by atoms with van der Waals surface area (Å²) in [5.41, 5.74) is 5.91. The van der Waals surface area contributed by atoms with Crippen molar-refractivity contribution in [3.8, 4) is 23.1 Å². The number of pyridine rings is 1. The van der Waals surface area contributed by atoms with Gasteiger partial charge in [0.05, 0.1) is 34.6 Å². The maximum Gasteiger partial charge on any atom is 0.272 e.